The van der Waals surface area contributed by atoms with Crippen molar-refractivity contribution in [2.45, 2.75) is 25.2 Å². The minimum Gasteiger partial charge on any atom is -0.484 e. The molecule has 26 heavy (non-hydrogen) atoms. The van der Waals surface area contributed by atoms with Crippen LogP contribution in [-0.2, 0) is 17.5 Å². The Kier molecular flexibility index (Phi) is 5.17. The molecule has 2 aromatic rings. The highest BCUT2D eigenvalue weighted by atomic mass is 19.4. The van der Waals surface area contributed by atoms with Crippen molar-refractivity contribution in [1.29, 1.82) is 0 Å². The predicted octanol–water partition coefficient (Wildman–Crippen LogP) is 3.13. The highest BCUT2D eigenvalue weighted by Gasteiger charge is 2.30. The molecular weight excluding hydrogens is 353 g/mol. The van der Waals surface area contributed by atoms with Crippen molar-refractivity contribution in [3.63, 3.8) is 0 Å². The van der Waals surface area contributed by atoms with Crippen LogP contribution in [-0.4, -0.2) is 42.1 Å². The summed E-state index contributed by atoms with van der Waals surface area (Å²) in [4.78, 5) is 17.9. The van der Waals surface area contributed by atoms with Crippen molar-refractivity contribution in [2.75, 3.05) is 20.3 Å². The maximum atomic E-state index is 12.7. The molecular formula is C17H17F3N2O4. The zero-order valence-electron chi connectivity index (χ0n) is 14.0. The zero-order chi connectivity index (χ0) is 18.7. The summed E-state index contributed by atoms with van der Waals surface area (Å²) in [6, 6.07) is 4.49. The first-order chi connectivity index (χ1) is 12.3. The van der Waals surface area contributed by atoms with E-state index >= 15 is 0 Å². The maximum Gasteiger partial charge on any atom is 0.416 e. The molecule has 1 aliphatic heterocycles. The molecule has 9 heteroatoms. The zero-order valence-corrected chi connectivity index (χ0v) is 14.0. The average molecular weight is 370 g/mol. The summed E-state index contributed by atoms with van der Waals surface area (Å²) in [5.41, 5.74) is -0.694. The Hall–Kier alpha value is -2.55. The van der Waals surface area contributed by atoms with E-state index in [2.05, 4.69) is 4.98 Å². The number of aromatic nitrogens is 1. The fourth-order valence-electron chi connectivity index (χ4n) is 2.56. The number of carbonyl (C=O) groups is 1. The molecule has 140 valence electrons. The van der Waals surface area contributed by atoms with Crippen molar-refractivity contribution in [3.8, 4) is 5.75 Å². The molecule has 0 N–H and O–H groups in total. The topological polar surface area (TPSA) is 64.8 Å². The summed E-state index contributed by atoms with van der Waals surface area (Å²) in [6.07, 6.45) is -2.48. The summed E-state index contributed by atoms with van der Waals surface area (Å²) in [5.74, 6) is -0.178. The fraction of sp³-hybridized carbons (Fsp3) is 0.412. The van der Waals surface area contributed by atoms with Gasteiger partial charge in [-0.05, 0) is 24.6 Å². The fourth-order valence-corrected chi connectivity index (χ4v) is 2.56. The van der Waals surface area contributed by atoms with Gasteiger partial charge >= 0.3 is 6.18 Å². The van der Waals surface area contributed by atoms with E-state index in [-0.39, 0.29) is 35.9 Å². The minimum absolute atomic E-state index is 0.0102. The van der Waals surface area contributed by atoms with Gasteiger partial charge in [0.25, 0.3) is 5.91 Å². The Labute approximate surface area is 147 Å². The largest absolute Gasteiger partial charge is 0.484 e. The van der Waals surface area contributed by atoms with Crippen molar-refractivity contribution in [3.05, 3.63) is 47.7 Å². The summed E-state index contributed by atoms with van der Waals surface area (Å²) < 4.78 is 53.8. The monoisotopic (exact) mass is 370 g/mol. The SMILES string of the molecule is CN(C(=O)c1coc(COc2cccc(C(F)(F)F)c2)n1)C1CCOC1. The molecule has 1 aromatic heterocycles. The van der Waals surface area contributed by atoms with E-state index in [0.29, 0.717) is 13.2 Å². The highest BCUT2D eigenvalue weighted by molar-refractivity contribution is 5.92. The molecule has 0 radical (unpaired) electrons. The smallest absolute Gasteiger partial charge is 0.416 e. The van der Waals surface area contributed by atoms with Crippen LogP contribution in [0.25, 0.3) is 0 Å². The van der Waals surface area contributed by atoms with Gasteiger partial charge in [-0.15, -0.1) is 0 Å². The number of amides is 1. The van der Waals surface area contributed by atoms with Crippen LogP contribution in [0.15, 0.2) is 34.9 Å². The number of rotatable bonds is 5. The number of ether oxygens (including phenoxy) is 2. The first-order valence-electron chi connectivity index (χ1n) is 7.94. The van der Waals surface area contributed by atoms with Crippen LogP contribution in [0.3, 0.4) is 0 Å². The Morgan fingerprint density at radius 3 is 2.92 bits per heavy atom. The number of carbonyl (C=O) groups excluding carboxylic acids is 1. The third-order valence-corrected chi connectivity index (χ3v) is 4.07. The molecule has 6 nitrogen and oxygen atoms in total. The van der Waals surface area contributed by atoms with Crippen molar-refractivity contribution in [1.82, 2.24) is 9.88 Å². The third-order valence-electron chi connectivity index (χ3n) is 4.07. The lowest BCUT2D eigenvalue weighted by Gasteiger charge is -2.21. The molecule has 1 fully saturated rings. The second-order valence-corrected chi connectivity index (χ2v) is 5.87. The Morgan fingerprint density at radius 2 is 2.23 bits per heavy atom. The molecule has 0 aliphatic carbocycles. The van der Waals surface area contributed by atoms with E-state index in [9.17, 15) is 18.0 Å². The summed E-state index contributed by atoms with van der Waals surface area (Å²) in [6.45, 7) is 0.896. The van der Waals surface area contributed by atoms with E-state index in [1.807, 2.05) is 0 Å². The molecule has 1 amide bonds. The van der Waals surface area contributed by atoms with Gasteiger partial charge in [0.15, 0.2) is 12.3 Å². The number of hydrogen-bond acceptors (Lipinski definition) is 5. The molecule has 2 heterocycles. The van der Waals surface area contributed by atoms with Gasteiger partial charge in [-0.2, -0.15) is 13.2 Å². The summed E-state index contributed by atoms with van der Waals surface area (Å²) in [7, 11) is 1.66. The molecule has 1 unspecified atom stereocenters. The predicted molar refractivity (Wildman–Crippen MR) is 83.6 cm³/mol. The normalized spacial score (nSPS) is 17.3. The number of hydrogen-bond donors (Lipinski definition) is 0. The van der Waals surface area contributed by atoms with Crippen LogP contribution in [0.5, 0.6) is 5.75 Å². The molecule has 1 aromatic carbocycles. The number of benzene rings is 1. The van der Waals surface area contributed by atoms with Crippen molar-refractivity contribution < 1.29 is 31.9 Å². The lowest BCUT2D eigenvalue weighted by molar-refractivity contribution is -0.137. The second kappa shape index (κ2) is 7.36. The van der Waals surface area contributed by atoms with Crippen molar-refractivity contribution in [2.24, 2.45) is 0 Å². The molecule has 0 bridgehead atoms. The maximum absolute atomic E-state index is 12.7. The van der Waals surface area contributed by atoms with Gasteiger partial charge in [0.05, 0.1) is 18.2 Å². The van der Waals surface area contributed by atoms with E-state index in [0.717, 1.165) is 18.6 Å². The van der Waals surface area contributed by atoms with Gasteiger partial charge in [0.1, 0.15) is 12.0 Å². The minimum atomic E-state index is -4.45. The van der Waals surface area contributed by atoms with Crippen LogP contribution < -0.4 is 4.74 Å². The Morgan fingerprint density at radius 1 is 1.42 bits per heavy atom. The van der Waals surface area contributed by atoms with Crippen LogP contribution in [0.4, 0.5) is 13.2 Å². The first kappa shape index (κ1) is 18.2. The third kappa shape index (κ3) is 4.16. The standard InChI is InChI=1S/C17H17F3N2O4/c1-22(12-5-6-24-8-12)16(23)14-9-26-15(21-14)10-25-13-4-2-3-11(7-13)17(18,19)20/h2-4,7,9,12H,5-6,8,10H2,1H3. The molecule has 1 saturated heterocycles. The number of halogens is 3. The molecule has 1 atom stereocenters. The van der Waals surface area contributed by atoms with Crippen LogP contribution in [0.2, 0.25) is 0 Å². The van der Waals surface area contributed by atoms with E-state index < -0.39 is 11.7 Å². The molecule has 3 rings (SSSR count). The number of likely N-dealkylation sites (N-methyl/N-ethyl adjacent to an activating group) is 1. The van der Waals surface area contributed by atoms with Gasteiger partial charge in [-0.1, -0.05) is 6.07 Å². The van der Waals surface area contributed by atoms with Crippen LogP contribution in [0, 0.1) is 0 Å². The quantitative estimate of drug-likeness (QED) is 0.809. The van der Waals surface area contributed by atoms with Gasteiger partial charge in [0, 0.05) is 13.7 Å². The lowest BCUT2D eigenvalue weighted by Crippen LogP contribution is -2.37. The highest BCUT2D eigenvalue weighted by Crippen LogP contribution is 2.31. The van der Waals surface area contributed by atoms with Gasteiger partial charge < -0.3 is 18.8 Å². The van der Waals surface area contributed by atoms with Gasteiger partial charge in [-0.3, -0.25) is 4.79 Å². The van der Waals surface area contributed by atoms with E-state index in [1.54, 1.807) is 11.9 Å². The summed E-state index contributed by atoms with van der Waals surface area (Å²) >= 11 is 0. The first-order valence-corrected chi connectivity index (χ1v) is 7.94. The second-order valence-electron chi connectivity index (χ2n) is 5.87. The summed E-state index contributed by atoms with van der Waals surface area (Å²) in [5, 5.41) is 0. The Bertz CT molecular complexity index is 769. The number of alkyl halides is 3. The Balaban J connectivity index is 1.61. The van der Waals surface area contributed by atoms with Crippen LogP contribution in [0.1, 0.15) is 28.4 Å². The van der Waals surface area contributed by atoms with Gasteiger partial charge in [0.2, 0.25) is 5.89 Å². The number of nitrogens with zero attached hydrogens (tertiary/aromatic N) is 2. The lowest BCUT2D eigenvalue weighted by atomic mass is 10.2. The van der Waals surface area contributed by atoms with Crippen molar-refractivity contribution >= 4 is 5.91 Å². The number of oxazole rings is 1. The van der Waals surface area contributed by atoms with Gasteiger partial charge in [-0.25, -0.2) is 4.98 Å². The molecule has 0 spiro atoms. The molecule has 0 saturated carbocycles. The van der Waals surface area contributed by atoms with E-state index in [4.69, 9.17) is 13.9 Å². The van der Waals surface area contributed by atoms with Crippen LogP contribution >= 0.6 is 0 Å². The molecule has 1 aliphatic rings. The average Bonchev–Trinajstić information content (AvgIpc) is 3.30. The van der Waals surface area contributed by atoms with E-state index in [1.165, 1.54) is 18.4 Å².